The zero-order chi connectivity index (χ0) is 21.7. The molecule has 1 atom stereocenters. The van der Waals surface area contributed by atoms with Gasteiger partial charge in [-0.1, -0.05) is 23.7 Å². The lowest BCUT2D eigenvalue weighted by Gasteiger charge is -2.19. The summed E-state index contributed by atoms with van der Waals surface area (Å²) >= 11 is 5.97. The highest BCUT2D eigenvalue weighted by atomic mass is 35.5. The van der Waals surface area contributed by atoms with Crippen molar-refractivity contribution in [2.45, 2.75) is 12.6 Å². The number of nitrogens with one attached hydrogen (secondary N) is 1. The summed E-state index contributed by atoms with van der Waals surface area (Å²) in [5.74, 6) is -1.21. The van der Waals surface area contributed by atoms with Gasteiger partial charge in [-0.25, -0.2) is 4.39 Å². The normalized spacial score (nSPS) is 11.6. The van der Waals surface area contributed by atoms with Crippen LogP contribution in [0.3, 0.4) is 0 Å². The summed E-state index contributed by atoms with van der Waals surface area (Å²) in [4.78, 5) is 38.4. The topological polar surface area (TPSA) is 77.4 Å². The van der Waals surface area contributed by atoms with Gasteiger partial charge in [0.1, 0.15) is 11.6 Å². The van der Waals surface area contributed by atoms with Crippen LogP contribution in [0.25, 0.3) is 0 Å². The molecule has 0 aliphatic carbocycles. The molecule has 0 saturated carbocycles. The number of nitrogens with zero attached hydrogens (tertiary/aromatic N) is 1. The summed E-state index contributed by atoms with van der Waals surface area (Å²) < 4.78 is 19.3. The van der Waals surface area contributed by atoms with E-state index in [4.69, 9.17) is 16.3 Å². The van der Waals surface area contributed by atoms with E-state index in [1.54, 1.807) is 31.4 Å². The monoisotopic (exact) mass is 428 g/mol. The molecule has 0 spiro atoms. The van der Waals surface area contributed by atoms with Crippen LogP contribution in [0.2, 0.25) is 5.02 Å². The molecule has 0 saturated heterocycles. The van der Waals surface area contributed by atoms with Crippen molar-refractivity contribution in [3.05, 3.63) is 99.2 Å². The Kier molecular flexibility index (Phi) is 6.64. The number of rotatable bonds is 7. The third-order valence-electron chi connectivity index (χ3n) is 4.43. The van der Waals surface area contributed by atoms with E-state index in [1.807, 2.05) is 0 Å². The van der Waals surface area contributed by atoms with E-state index in [0.29, 0.717) is 5.75 Å². The SMILES string of the molecule is COc1ccc(CNC(=O)[C@@H](C(=O)c2ccc(F)cc2)n2cc(Cl)ccc2=O)cc1. The van der Waals surface area contributed by atoms with E-state index >= 15 is 0 Å². The molecule has 1 amide bonds. The van der Waals surface area contributed by atoms with Crippen molar-refractivity contribution in [1.82, 2.24) is 9.88 Å². The molecule has 0 fully saturated rings. The molecule has 6 nitrogen and oxygen atoms in total. The maximum atomic E-state index is 13.2. The number of carbonyl (C=O) groups is 2. The minimum Gasteiger partial charge on any atom is -0.497 e. The van der Waals surface area contributed by atoms with Gasteiger partial charge < -0.3 is 10.1 Å². The van der Waals surface area contributed by atoms with Crippen LogP contribution in [-0.4, -0.2) is 23.4 Å². The van der Waals surface area contributed by atoms with Gasteiger partial charge in [0, 0.05) is 24.4 Å². The first kappa shape index (κ1) is 21.3. The second kappa shape index (κ2) is 9.37. The zero-order valence-corrected chi connectivity index (χ0v) is 16.7. The Morgan fingerprint density at radius 1 is 1.07 bits per heavy atom. The summed E-state index contributed by atoms with van der Waals surface area (Å²) in [5, 5.41) is 2.86. The summed E-state index contributed by atoms with van der Waals surface area (Å²) in [6.45, 7) is 0.130. The molecule has 0 aliphatic heterocycles. The molecule has 0 radical (unpaired) electrons. The van der Waals surface area contributed by atoms with E-state index in [1.165, 1.54) is 30.5 Å². The average molecular weight is 429 g/mol. The van der Waals surface area contributed by atoms with Crippen molar-refractivity contribution < 1.29 is 18.7 Å². The van der Waals surface area contributed by atoms with Crippen molar-refractivity contribution in [3.63, 3.8) is 0 Å². The lowest BCUT2D eigenvalue weighted by atomic mass is 10.0. The number of hydrogen-bond donors (Lipinski definition) is 1. The minimum absolute atomic E-state index is 0.0906. The highest BCUT2D eigenvalue weighted by Crippen LogP contribution is 2.17. The van der Waals surface area contributed by atoms with Crippen LogP contribution in [0, 0.1) is 5.82 Å². The van der Waals surface area contributed by atoms with Crippen LogP contribution in [0.1, 0.15) is 22.0 Å². The van der Waals surface area contributed by atoms with Crippen LogP contribution >= 0.6 is 11.6 Å². The van der Waals surface area contributed by atoms with E-state index in [-0.39, 0.29) is 17.1 Å². The van der Waals surface area contributed by atoms with Gasteiger partial charge in [0.15, 0.2) is 11.8 Å². The van der Waals surface area contributed by atoms with Crippen LogP contribution < -0.4 is 15.6 Å². The third-order valence-corrected chi connectivity index (χ3v) is 4.66. The molecule has 3 aromatic rings. The molecule has 3 rings (SSSR count). The second-order valence-electron chi connectivity index (χ2n) is 6.43. The summed E-state index contributed by atoms with van der Waals surface area (Å²) in [5.41, 5.74) is 0.294. The maximum absolute atomic E-state index is 13.2. The standard InChI is InChI=1S/C22H18ClFN2O4/c1-30-18-9-2-14(3-10-18)12-25-22(29)20(26-13-16(23)6-11-19(26)27)21(28)15-4-7-17(24)8-5-15/h2-11,13,20H,12H2,1H3,(H,25,29)/t20-/m1/s1. The lowest BCUT2D eigenvalue weighted by molar-refractivity contribution is -0.123. The lowest BCUT2D eigenvalue weighted by Crippen LogP contribution is -2.41. The predicted molar refractivity (Wildman–Crippen MR) is 110 cm³/mol. The molecule has 154 valence electrons. The molecule has 0 bridgehead atoms. The minimum atomic E-state index is -1.50. The largest absolute Gasteiger partial charge is 0.497 e. The first-order valence-electron chi connectivity index (χ1n) is 8.97. The van der Waals surface area contributed by atoms with Crippen LogP contribution in [0.15, 0.2) is 71.7 Å². The number of benzene rings is 2. The van der Waals surface area contributed by atoms with Gasteiger partial charge in [0.05, 0.1) is 12.1 Å². The second-order valence-corrected chi connectivity index (χ2v) is 6.87. The van der Waals surface area contributed by atoms with Gasteiger partial charge in [-0.3, -0.25) is 19.0 Å². The number of ketones is 1. The molecule has 8 heteroatoms. The van der Waals surface area contributed by atoms with Crippen molar-refractivity contribution >= 4 is 23.3 Å². The Labute approximate surface area is 176 Å². The fraction of sp³-hybridized carbons (Fsp3) is 0.136. The molecule has 30 heavy (non-hydrogen) atoms. The first-order valence-corrected chi connectivity index (χ1v) is 9.35. The Hall–Kier alpha value is -3.45. The van der Waals surface area contributed by atoms with Gasteiger partial charge in [-0.2, -0.15) is 0 Å². The highest BCUT2D eigenvalue weighted by molar-refractivity contribution is 6.30. The molecule has 0 aliphatic rings. The number of ether oxygens (including phenoxy) is 1. The van der Waals surface area contributed by atoms with Crippen LogP contribution in [-0.2, 0) is 11.3 Å². The molecular formula is C22H18ClFN2O4. The molecule has 1 aromatic heterocycles. The number of pyridine rings is 1. The number of halogens is 2. The van der Waals surface area contributed by atoms with Gasteiger partial charge in [0.2, 0.25) is 0 Å². The van der Waals surface area contributed by atoms with Crippen molar-refractivity contribution in [2.75, 3.05) is 7.11 Å². The van der Waals surface area contributed by atoms with E-state index in [2.05, 4.69) is 5.32 Å². The van der Waals surface area contributed by atoms with Gasteiger partial charge in [0.25, 0.3) is 11.5 Å². The Morgan fingerprint density at radius 2 is 1.73 bits per heavy atom. The van der Waals surface area contributed by atoms with E-state index in [9.17, 15) is 18.8 Å². The molecule has 1 heterocycles. The van der Waals surface area contributed by atoms with Crippen molar-refractivity contribution in [1.29, 1.82) is 0 Å². The molecular weight excluding hydrogens is 411 g/mol. The summed E-state index contributed by atoms with van der Waals surface area (Å²) in [6, 6.07) is 12.8. The maximum Gasteiger partial charge on any atom is 0.251 e. The Balaban J connectivity index is 1.90. The van der Waals surface area contributed by atoms with E-state index in [0.717, 1.165) is 22.3 Å². The Bertz CT molecular complexity index is 1110. The average Bonchev–Trinajstić information content (AvgIpc) is 2.75. The van der Waals surface area contributed by atoms with Crippen molar-refractivity contribution in [3.8, 4) is 5.75 Å². The summed E-state index contributed by atoms with van der Waals surface area (Å²) in [6.07, 6.45) is 1.23. The number of hydrogen-bond acceptors (Lipinski definition) is 4. The zero-order valence-electron chi connectivity index (χ0n) is 16.0. The van der Waals surface area contributed by atoms with Crippen LogP contribution in [0.5, 0.6) is 5.75 Å². The smallest absolute Gasteiger partial charge is 0.251 e. The number of methoxy groups -OCH3 is 1. The fourth-order valence-electron chi connectivity index (χ4n) is 2.85. The van der Waals surface area contributed by atoms with E-state index < -0.39 is 29.1 Å². The first-order chi connectivity index (χ1) is 14.4. The molecule has 0 unspecified atom stereocenters. The molecule has 2 aromatic carbocycles. The van der Waals surface area contributed by atoms with Crippen molar-refractivity contribution in [2.24, 2.45) is 0 Å². The van der Waals surface area contributed by atoms with Gasteiger partial charge in [-0.05, 0) is 48.0 Å². The third kappa shape index (κ3) is 4.93. The molecule has 1 N–H and O–H groups in total. The van der Waals surface area contributed by atoms with Gasteiger partial charge in [-0.15, -0.1) is 0 Å². The highest BCUT2D eigenvalue weighted by Gasteiger charge is 2.30. The quantitative estimate of drug-likeness (QED) is 0.462. The number of Topliss-reactive ketones (excluding diaryl/α,β-unsaturated/α-hetero) is 1. The summed E-state index contributed by atoms with van der Waals surface area (Å²) in [7, 11) is 1.55. The predicted octanol–water partition coefficient (Wildman–Crippen LogP) is 3.39. The van der Waals surface area contributed by atoms with Crippen LogP contribution in [0.4, 0.5) is 4.39 Å². The number of carbonyl (C=O) groups excluding carboxylic acids is 2. The number of aromatic nitrogens is 1. The fourth-order valence-corrected chi connectivity index (χ4v) is 3.02. The van der Waals surface area contributed by atoms with Gasteiger partial charge >= 0.3 is 0 Å². The number of amides is 1. The Morgan fingerprint density at radius 3 is 2.37 bits per heavy atom.